The highest BCUT2D eigenvalue weighted by Crippen LogP contribution is 2.22. The number of hydrogen-bond acceptors (Lipinski definition) is 3. The van der Waals surface area contributed by atoms with Gasteiger partial charge in [0.1, 0.15) is 19.0 Å². The van der Waals surface area contributed by atoms with E-state index in [1.54, 1.807) is 6.08 Å². The molecule has 0 heterocycles. The van der Waals surface area contributed by atoms with Crippen LogP contribution in [0, 0.1) is 0 Å². The molecule has 0 bridgehead atoms. The van der Waals surface area contributed by atoms with Gasteiger partial charge in [0.05, 0.1) is 0 Å². The fraction of sp³-hybridized carbons (Fsp3) is 0.438. The van der Waals surface area contributed by atoms with Crippen molar-refractivity contribution in [2.24, 2.45) is 0 Å². The summed E-state index contributed by atoms with van der Waals surface area (Å²) in [4.78, 5) is 11.6. The second-order valence-corrected chi connectivity index (χ2v) is 4.69. The van der Waals surface area contributed by atoms with Crippen molar-refractivity contribution < 1.29 is 14.3 Å². The first-order chi connectivity index (χ1) is 9.34. The molecule has 1 aromatic rings. The Morgan fingerprint density at radius 1 is 1.05 bits per heavy atom. The molecule has 2 rings (SSSR count). The van der Waals surface area contributed by atoms with E-state index in [1.807, 2.05) is 30.3 Å². The number of rotatable bonds is 5. The lowest BCUT2D eigenvalue weighted by Gasteiger charge is -2.13. The summed E-state index contributed by atoms with van der Waals surface area (Å²) in [5.74, 6) is 0.553. The first kappa shape index (κ1) is 13.7. The molecule has 0 aliphatic heterocycles. The van der Waals surface area contributed by atoms with Crippen LogP contribution in [-0.4, -0.2) is 19.2 Å². The molecule has 0 radical (unpaired) electrons. The molecule has 0 spiro atoms. The lowest BCUT2D eigenvalue weighted by Crippen LogP contribution is -2.11. The third kappa shape index (κ3) is 5.16. The minimum Gasteiger partial charge on any atom is -0.490 e. The normalized spacial score (nSPS) is 14.8. The fourth-order valence-corrected chi connectivity index (χ4v) is 2.18. The van der Waals surface area contributed by atoms with Crippen LogP contribution < -0.4 is 4.74 Å². The smallest absolute Gasteiger partial charge is 0.330 e. The number of para-hydroxylation sites is 1. The zero-order valence-corrected chi connectivity index (χ0v) is 11.1. The summed E-state index contributed by atoms with van der Waals surface area (Å²) in [5.41, 5.74) is 1.22. The van der Waals surface area contributed by atoms with E-state index in [1.165, 1.54) is 24.8 Å². The van der Waals surface area contributed by atoms with Crippen LogP contribution in [0.1, 0.15) is 32.1 Å². The van der Waals surface area contributed by atoms with Gasteiger partial charge in [0.25, 0.3) is 0 Å². The number of allylic oxidation sites excluding steroid dienone is 1. The molecule has 19 heavy (non-hydrogen) atoms. The zero-order valence-electron chi connectivity index (χ0n) is 11.1. The fourth-order valence-electron chi connectivity index (χ4n) is 2.18. The molecular weight excluding hydrogens is 240 g/mol. The lowest BCUT2D eigenvalue weighted by molar-refractivity contribution is -0.138. The summed E-state index contributed by atoms with van der Waals surface area (Å²) in [7, 11) is 0. The van der Waals surface area contributed by atoms with Crippen LogP contribution in [0.3, 0.4) is 0 Å². The number of esters is 1. The molecule has 0 amide bonds. The van der Waals surface area contributed by atoms with Crippen molar-refractivity contribution >= 4 is 5.97 Å². The predicted molar refractivity (Wildman–Crippen MR) is 74.1 cm³/mol. The molecule has 0 saturated heterocycles. The predicted octanol–water partition coefficient (Wildman–Crippen LogP) is 3.50. The van der Waals surface area contributed by atoms with Gasteiger partial charge in [-0.25, -0.2) is 4.79 Å². The average molecular weight is 260 g/mol. The summed E-state index contributed by atoms with van der Waals surface area (Å²) in [5, 5.41) is 0. The van der Waals surface area contributed by atoms with Crippen LogP contribution in [-0.2, 0) is 9.53 Å². The Morgan fingerprint density at radius 2 is 1.79 bits per heavy atom. The number of ether oxygens (including phenoxy) is 2. The summed E-state index contributed by atoms with van der Waals surface area (Å²) in [6.45, 7) is 0.677. The van der Waals surface area contributed by atoms with Crippen LogP contribution in [0.15, 0.2) is 42.0 Å². The van der Waals surface area contributed by atoms with E-state index in [0.717, 1.165) is 18.6 Å². The van der Waals surface area contributed by atoms with E-state index in [0.29, 0.717) is 6.61 Å². The number of benzene rings is 1. The third-order valence-electron chi connectivity index (χ3n) is 3.16. The van der Waals surface area contributed by atoms with Crippen LogP contribution in [0.25, 0.3) is 0 Å². The van der Waals surface area contributed by atoms with Gasteiger partial charge in [-0.3, -0.25) is 0 Å². The highest BCUT2D eigenvalue weighted by atomic mass is 16.6. The topological polar surface area (TPSA) is 35.5 Å². The van der Waals surface area contributed by atoms with Gasteiger partial charge in [0.15, 0.2) is 0 Å². The highest BCUT2D eigenvalue weighted by Gasteiger charge is 2.07. The van der Waals surface area contributed by atoms with Crippen molar-refractivity contribution in [2.45, 2.75) is 32.1 Å². The second kappa shape index (κ2) is 7.62. The standard InChI is InChI=1S/C16H20O3/c17-16(13-14-7-3-1-4-8-14)19-12-11-18-15-9-5-2-6-10-15/h2,5-6,9-10,13H,1,3-4,7-8,11-12H2. The quantitative estimate of drug-likeness (QED) is 0.462. The van der Waals surface area contributed by atoms with Gasteiger partial charge in [-0.05, 0) is 37.8 Å². The van der Waals surface area contributed by atoms with E-state index >= 15 is 0 Å². The Bertz CT molecular complexity index is 415. The molecule has 102 valence electrons. The van der Waals surface area contributed by atoms with Gasteiger partial charge in [0, 0.05) is 6.08 Å². The zero-order chi connectivity index (χ0) is 13.3. The van der Waals surface area contributed by atoms with Gasteiger partial charge in [-0.1, -0.05) is 30.2 Å². The molecule has 0 atom stereocenters. The summed E-state index contributed by atoms with van der Waals surface area (Å²) in [6.07, 6.45) is 7.39. The van der Waals surface area contributed by atoms with Crippen molar-refractivity contribution in [3.05, 3.63) is 42.0 Å². The molecular formula is C16H20O3. The van der Waals surface area contributed by atoms with Gasteiger partial charge in [-0.15, -0.1) is 0 Å². The largest absolute Gasteiger partial charge is 0.490 e. The Kier molecular flexibility index (Phi) is 5.48. The van der Waals surface area contributed by atoms with Gasteiger partial charge >= 0.3 is 5.97 Å². The van der Waals surface area contributed by atoms with Crippen LogP contribution in [0.4, 0.5) is 0 Å². The Labute approximate surface area is 114 Å². The minimum absolute atomic E-state index is 0.242. The van der Waals surface area contributed by atoms with Crippen molar-refractivity contribution in [3.8, 4) is 5.75 Å². The van der Waals surface area contributed by atoms with E-state index in [-0.39, 0.29) is 12.6 Å². The van der Waals surface area contributed by atoms with E-state index in [4.69, 9.17) is 9.47 Å². The van der Waals surface area contributed by atoms with Crippen molar-refractivity contribution in [1.82, 2.24) is 0 Å². The van der Waals surface area contributed by atoms with E-state index < -0.39 is 0 Å². The number of carbonyl (C=O) groups is 1. The molecule has 1 saturated carbocycles. The van der Waals surface area contributed by atoms with Gasteiger partial charge in [-0.2, -0.15) is 0 Å². The molecule has 1 fully saturated rings. The summed E-state index contributed by atoms with van der Waals surface area (Å²) >= 11 is 0. The van der Waals surface area contributed by atoms with Crippen LogP contribution >= 0.6 is 0 Å². The monoisotopic (exact) mass is 260 g/mol. The van der Waals surface area contributed by atoms with Crippen molar-refractivity contribution in [3.63, 3.8) is 0 Å². The van der Waals surface area contributed by atoms with Crippen LogP contribution in [0.5, 0.6) is 5.75 Å². The molecule has 1 aromatic carbocycles. The Hall–Kier alpha value is -1.77. The lowest BCUT2D eigenvalue weighted by atomic mass is 9.95. The Morgan fingerprint density at radius 3 is 2.53 bits per heavy atom. The van der Waals surface area contributed by atoms with Crippen molar-refractivity contribution in [2.75, 3.05) is 13.2 Å². The minimum atomic E-state index is -0.242. The maximum atomic E-state index is 11.6. The van der Waals surface area contributed by atoms with Gasteiger partial charge < -0.3 is 9.47 Å². The maximum Gasteiger partial charge on any atom is 0.330 e. The highest BCUT2D eigenvalue weighted by molar-refractivity contribution is 5.82. The average Bonchev–Trinajstić information content (AvgIpc) is 2.46. The van der Waals surface area contributed by atoms with Gasteiger partial charge in [0.2, 0.25) is 0 Å². The maximum absolute atomic E-state index is 11.6. The van der Waals surface area contributed by atoms with E-state index in [2.05, 4.69) is 0 Å². The number of hydrogen-bond donors (Lipinski definition) is 0. The molecule has 0 unspecified atom stereocenters. The summed E-state index contributed by atoms with van der Waals surface area (Å²) in [6, 6.07) is 9.52. The molecule has 0 aromatic heterocycles. The van der Waals surface area contributed by atoms with E-state index in [9.17, 15) is 4.79 Å². The third-order valence-corrected chi connectivity index (χ3v) is 3.16. The number of carbonyl (C=O) groups excluding carboxylic acids is 1. The summed E-state index contributed by atoms with van der Waals surface area (Å²) < 4.78 is 10.6. The first-order valence-electron chi connectivity index (χ1n) is 6.88. The van der Waals surface area contributed by atoms with Crippen LogP contribution in [0.2, 0.25) is 0 Å². The molecule has 1 aliphatic carbocycles. The second-order valence-electron chi connectivity index (χ2n) is 4.69. The molecule has 0 N–H and O–H groups in total. The SMILES string of the molecule is O=C(C=C1CCCCC1)OCCOc1ccccc1. The molecule has 1 aliphatic rings. The molecule has 3 nitrogen and oxygen atoms in total. The first-order valence-corrected chi connectivity index (χ1v) is 6.88. The van der Waals surface area contributed by atoms with Crippen molar-refractivity contribution in [1.29, 1.82) is 0 Å². The Balaban J connectivity index is 1.64. The molecule has 3 heteroatoms.